The normalized spacial score (nSPS) is 28.0. The highest BCUT2D eigenvalue weighted by Crippen LogP contribution is 2.57. The first-order valence-electron chi connectivity index (χ1n) is 27.6. The molecule has 4 aromatic carbocycles. The number of aromatic hydroxyl groups is 2. The number of ether oxygens (including phenoxy) is 1. The molecule has 5 aliphatic rings. The number of H-pyrrole nitrogens is 1. The number of Topliss-reactive ketones (excluding diaryl/α,β-unsaturated/α-hetero) is 1. The van der Waals surface area contributed by atoms with Gasteiger partial charge in [-0.25, -0.2) is 0 Å². The molecule has 2 fully saturated rings. The van der Waals surface area contributed by atoms with Crippen LogP contribution in [0.1, 0.15) is 142 Å². The van der Waals surface area contributed by atoms with E-state index in [1.54, 1.807) is 79.7 Å². The van der Waals surface area contributed by atoms with Gasteiger partial charge >= 0.3 is 0 Å². The average Bonchev–Trinajstić information content (AvgIpc) is 4.10. The second-order valence-corrected chi connectivity index (χ2v) is 27.8. The number of carbonyl (C=O) groups excluding carboxylic acids is 2. The number of phenolic OH excluding ortho intramolecular Hbond substituents is 2. The van der Waals surface area contributed by atoms with Crippen LogP contribution in [0, 0.1) is 40.9 Å². The largest absolute Gasteiger partial charge is 0.508 e. The van der Waals surface area contributed by atoms with E-state index in [0.29, 0.717) is 78.2 Å². The minimum Gasteiger partial charge on any atom is -0.508 e. The standard InChI is InChI=1S/C63H73N3O8S4/c1-38(68)23-41-15-19-62-20-16-48(69)12-9-39-11-14-58(71)60(25-39)74-22-18-40-10-13-57(70)54(24-40)53-30-59(72)50-17-21-66-56(50)8-4-6-43-28-52(61(64)65)46(29-51(43)53)34-75-77-35-47(31-62)63(73,36-62)37-78-76-33-45-27-44(41)26-42-5-2-3-7-49(42)55(45)32-67/h2-3,5,7,10-11,13-14,16-17,20-21,24-25,28-29,38,41,44-45,47,53,55,61,66-68,70-71,73H,8-9,12,15,18-19,22-23,26-27,30-37,64-65H2,1H3/b20-16+/t38-,41+,44-,45-,47-,53+,55-,62-,63+/m0/s1. The van der Waals surface area contributed by atoms with Gasteiger partial charge in [0.2, 0.25) is 0 Å². The van der Waals surface area contributed by atoms with Gasteiger partial charge < -0.3 is 46.7 Å². The van der Waals surface area contributed by atoms with Gasteiger partial charge in [0, 0.05) is 82.7 Å². The van der Waals surface area contributed by atoms with Crippen molar-refractivity contribution in [1.29, 1.82) is 0 Å². The second kappa shape index (κ2) is 25.0. The summed E-state index contributed by atoms with van der Waals surface area (Å²) in [6, 6.07) is 25.0. The quantitative estimate of drug-likeness (QED) is 0.0478. The number of aromatic nitrogens is 1. The van der Waals surface area contributed by atoms with E-state index in [-0.39, 0.29) is 78.7 Å². The van der Waals surface area contributed by atoms with Crippen molar-refractivity contribution < 1.29 is 39.9 Å². The van der Waals surface area contributed by atoms with Gasteiger partial charge in [-0.1, -0.05) is 110 Å². The first-order chi connectivity index (χ1) is 37.7. The van der Waals surface area contributed by atoms with E-state index >= 15 is 0 Å². The van der Waals surface area contributed by atoms with Crippen LogP contribution in [-0.2, 0) is 36.2 Å². The number of benzene rings is 4. The molecule has 9 atom stereocenters. The fraction of sp³-hybridized carbons (Fsp3) is 0.460. The number of nitrogens with two attached hydrogens (primary N) is 2. The number of ketones is 2. The highest BCUT2D eigenvalue weighted by molar-refractivity contribution is 8.77. The zero-order valence-corrected chi connectivity index (χ0v) is 47.6. The predicted molar refractivity (Wildman–Crippen MR) is 317 cm³/mol. The first-order valence-corrected chi connectivity index (χ1v) is 32.6. The fourth-order valence-corrected chi connectivity index (χ4v) is 18.8. The van der Waals surface area contributed by atoms with Gasteiger partial charge in [0.1, 0.15) is 5.75 Å². The molecule has 5 aromatic rings. The van der Waals surface area contributed by atoms with Crippen molar-refractivity contribution in [2.45, 2.75) is 119 Å². The van der Waals surface area contributed by atoms with Crippen molar-refractivity contribution in [3.63, 3.8) is 0 Å². The van der Waals surface area contributed by atoms with Crippen LogP contribution in [0.5, 0.6) is 17.2 Å². The summed E-state index contributed by atoms with van der Waals surface area (Å²) >= 11 is 0. The maximum absolute atomic E-state index is 14.4. The Morgan fingerprint density at radius 2 is 1.67 bits per heavy atom. The number of rotatable bonds is 4. The summed E-state index contributed by atoms with van der Waals surface area (Å²) in [6.07, 6.45) is 11.0. The molecule has 15 heteroatoms. The molecule has 3 aliphatic carbocycles. The SMILES string of the molecule is C[C@H](O)C[C@H]1CC[C@]23/C=C/C(=O)CCc4ccc(O)c(c4)OCCc4ccc(O)c(c4)[C@@H]4CC(=O)c5cc[nH]c5CC#Cc5cc(C(N)N)c(cc54)CSSC[C@H](C2)[C@](O)(CSSC[C@@H]2C[C@@H]1Cc1ccccc1[C@H]2CO)C3. The highest BCUT2D eigenvalue weighted by Gasteiger charge is 2.53. The molecule has 1 spiro atoms. The van der Waals surface area contributed by atoms with E-state index in [2.05, 4.69) is 53.2 Å². The number of aryl methyl sites for hydroxylation is 1. The Morgan fingerprint density at radius 3 is 2.49 bits per heavy atom. The highest BCUT2D eigenvalue weighted by atomic mass is 33.1. The Balaban J connectivity index is 1.02. The maximum atomic E-state index is 14.4. The minimum atomic E-state index is -1.06. The number of phenols is 2. The molecule has 11 bridgehead atoms. The maximum Gasteiger partial charge on any atom is 0.165 e. The van der Waals surface area contributed by atoms with Crippen LogP contribution >= 0.6 is 43.2 Å². The van der Waals surface area contributed by atoms with Crippen LogP contribution in [0.2, 0.25) is 0 Å². The number of fused-ring (bicyclic) bond motifs is 13. The Hall–Kier alpha value is -4.60. The second-order valence-electron chi connectivity index (χ2n) is 22.8. The van der Waals surface area contributed by atoms with Crippen LogP contribution < -0.4 is 16.2 Å². The van der Waals surface area contributed by atoms with Crippen molar-refractivity contribution in [2.75, 3.05) is 30.5 Å². The van der Waals surface area contributed by atoms with Gasteiger partial charge in [-0.2, -0.15) is 0 Å². The number of hydrogen-bond donors (Lipinski definition) is 8. The summed E-state index contributed by atoms with van der Waals surface area (Å²) in [5.74, 6) is 9.39. The van der Waals surface area contributed by atoms with Gasteiger partial charge in [0.05, 0.1) is 37.5 Å². The molecule has 2 aliphatic heterocycles. The van der Waals surface area contributed by atoms with Gasteiger partial charge in [-0.3, -0.25) is 9.59 Å². The van der Waals surface area contributed by atoms with E-state index in [4.69, 9.17) is 16.2 Å². The summed E-state index contributed by atoms with van der Waals surface area (Å²) in [5, 5.41) is 58.0. The molecule has 0 amide bonds. The topological polar surface area (TPSA) is 212 Å². The van der Waals surface area contributed by atoms with Crippen molar-refractivity contribution in [1.82, 2.24) is 4.98 Å². The number of hydrogen-bond acceptors (Lipinski definition) is 14. The number of aliphatic hydroxyl groups is 3. The van der Waals surface area contributed by atoms with Crippen LogP contribution in [0.4, 0.5) is 0 Å². The number of allylic oxidation sites excluding steroid dienone is 2. The molecule has 3 heterocycles. The molecule has 11 nitrogen and oxygen atoms in total. The number of carbonyl (C=O) groups is 2. The van der Waals surface area contributed by atoms with E-state index in [1.165, 1.54) is 11.1 Å². The minimum absolute atomic E-state index is 0.000497. The monoisotopic (exact) mass is 1130 g/mol. The lowest BCUT2D eigenvalue weighted by atomic mass is 9.72. The van der Waals surface area contributed by atoms with Crippen LogP contribution in [0.3, 0.4) is 0 Å². The number of aliphatic hydroxyl groups excluding tert-OH is 2. The van der Waals surface area contributed by atoms with Crippen molar-refractivity contribution >= 4 is 54.7 Å². The van der Waals surface area contributed by atoms with E-state index in [1.807, 2.05) is 31.2 Å². The Kier molecular flexibility index (Phi) is 18.2. The lowest BCUT2D eigenvalue weighted by molar-refractivity contribution is -0.114. The van der Waals surface area contributed by atoms with Crippen LogP contribution in [-0.4, -0.2) is 84.3 Å². The lowest BCUT2D eigenvalue weighted by Crippen LogP contribution is -2.37. The summed E-state index contributed by atoms with van der Waals surface area (Å²) in [5.41, 5.74) is 20.8. The average molecular weight is 1130 g/mol. The zero-order valence-electron chi connectivity index (χ0n) is 44.3. The Morgan fingerprint density at radius 1 is 0.859 bits per heavy atom. The zero-order chi connectivity index (χ0) is 54.6. The molecular weight excluding hydrogens is 1050 g/mol. The molecule has 1 aromatic heterocycles. The number of nitrogens with one attached hydrogen (secondary N) is 1. The summed E-state index contributed by atoms with van der Waals surface area (Å²) < 4.78 is 6.23. The molecule has 10 N–H and O–H groups in total. The van der Waals surface area contributed by atoms with Crippen LogP contribution in [0.25, 0.3) is 0 Å². The third-order valence-corrected chi connectivity index (χ3v) is 22.4. The molecule has 0 radical (unpaired) electrons. The van der Waals surface area contributed by atoms with Gasteiger partial charge in [-0.05, 0) is 163 Å². The smallest absolute Gasteiger partial charge is 0.165 e. The van der Waals surface area contributed by atoms with Crippen molar-refractivity contribution in [3.05, 3.63) is 159 Å². The van der Waals surface area contributed by atoms with Crippen LogP contribution in [0.15, 0.2) is 97.2 Å². The molecule has 78 heavy (non-hydrogen) atoms. The lowest BCUT2D eigenvalue weighted by Gasteiger charge is -2.34. The molecule has 1 saturated heterocycles. The summed E-state index contributed by atoms with van der Waals surface area (Å²) in [4.78, 5) is 31.7. The van der Waals surface area contributed by atoms with E-state index in [9.17, 15) is 35.1 Å². The van der Waals surface area contributed by atoms with Gasteiger partial charge in [0.15, 0.2) is 23.1 Å². The van der Waals surface area contributed by atoms with E-state index in [0.717, 1.165) is 64.9 Å². The van der Waals surface area contributed by atoms with Gasteiger partial charge in [0.25, 0.3) is 0 Å². The van der Waals surface area contributed by atoms with Crippen molar-refractivity contribution in [2.24, 2.45) is 40.6 Å². The first kappa shape index (κ1) is 56.7. The van der Waals surface area contributed by atoms with Crippen molar-refractivity contribution in [3.8, 4) is 29.1 Å². The summed E-state index contributed by atoms with van der Waals surface area (Å²) in [7, 11) is 6.88. The van der Waals surface area contributed by atoms with E-state index < -0.39 is 29.2 Å². The molecule has 10 rings (SSSR count). The predicted octanol–water partition coefficient (Wildman–Crippen LogP) is 10.9. The molecular formula is C63H73N3O8S4. The molecule has 412 valence electrons. The molecule has 0 unspecified atom stereocenters. The Labute approximate surface area is 474 Å². The summed E-state index contributed by atoms with van der Waals surface area (Å²) in [6.45, 7) is 2.16. The third kappa shape index (κ3) is 12.9. The molecule has 1 saturated carbocycles. The number of aromatic amines is 1. The van der Waals surface area contributed by atoms with Gasteiger partial charge in [-0.15, -0.1) is 0 Å². The third-order valence-electron chi connectivity index (χ3n) is 17.4. The fourth-order valence-electron chi connectivity index (χ4n) is 13.3. The Bertz CT molecular complexity index is 3080.